The number of ether oxygens (including phenoxy) is 1. The second-order valence-corrected chi connectivity index (χ2v) is 8.09. The van der Waals surface area contributed by atoms with Crippen LogP contribution in [0, 0.1) is 5.82 Å². The molecule has 0 spiro atoms. The molecule has 128 valence electrons. The van der Waals surface area contributed by atoms with Crippen LogP contribution in [0.15, 0.2) is 29.2 Å². The van der Waals surface area contributed by atoms with Crippen LogP contribution in [0.4, 0.5) is 4.39 Å². The minimum atomic E-state index is -3.70. The van der Waals surface area contributed by atoms with Crippen molar-refractivity contribution in [1.29, 1.82) is 0 Å². The standard InChI is InChI=1S/C15H21FN2O4S/c16-13-1-3-14(4-2-13)23(20,21)18-6-5-15(19,12-18)11-17-7-9-22-10-8-17/h1-4,19H,5-12H2/t15-/m1/s1. The SMILES string of the molecule is O=S(=O)(c1ccc(F)cc1)N1CC[C@@](O)(CN2CCOCC2)C1. The molecule has 0 bridgehead atoms. The first-order chi connectivity index (χ1) is 10.9. The third-order valence-electron chi connectivity index (χ3n) is 4.37. The molecule has 6 nitrogen and oxygen atoms in total. The maximum atomic E-state index is 13.0. The lowest BCUT2D eigenvalue weighted by Gasteiger charge is -2.33. The van der Waals surface area contributed by atoms with E-state index < -0.39 is 21.4 Å². The van der Waals surface area contributed by atoms with Gasteiger partial charge in [0.15, 0.2) is 0 Å². The molecule has 1 N–H and O–H groups in total. The quantitative estimate of drug-likeness (QED) is 0.850. The lowest BCUT2D eigenvalue weighted by atomic mass is 10.0. The predicted octanol–water partition coefficient (Wildman–Crippen LogP) is 0.283. The fourth-order valence-electron chi connectivity index (χ4n) is 3.08. The first-order valence-electron chi connectivity index (χ1n) is 7.67. The van der Waals surface area contributed by atoms with Gasteiger partial charge in [-0.15, -0.1) is 0 Å². The van der Waals surface area contributed by atoms with Crippen LogP contribution >= 0.6 is 0 Å². The van der Waals surface area contributed by atoms with E-state index in [1.54, 1.807) is 0 Å². The van der Waals surface area contributed by atoms with Gasteiger partial charge in [0, 0.05) is 32.7 Å². The Bertz CT molecular complexity index is 646. The fourth-order valence-corrected chi connectivity index (χ4v) is 4.60. The van der Waals surface area contributed by atoms with Crippen LogP contribution in [0.5, 0.6) is 0 Å². The molecule has 2 fully saturated rings. The van der Waals surface area contributed by atoms with Crippen LogP contribution in [-0.4, -0.2) is 74.3 Å². The summed E-state index contributed by atoms with van der Waals surface area (Å²) in [7, 11) is -3.70. The van der Waals surface area contributed by atoms with E-state index in [0.29, 0.717) is 26.2 Å². The van der Waals surface area contributed by atoms with E-state index in [2.05, 4.69) is 4.90 Å². The van der Waals surface area contributed by atoms with Crippen LogP contribution in [-0.2, 0) is 14.8 Å². The topological polar surface area (TPSA) is 70.1 Å². The zero-order valence-corrected chi connectivity index (χ0v) is 13.6. The second kappa shape index (κ2) is 6.45. The minimum Gasteiger partial charge on any atom is -0.387 e. The Balaban J connectivity index is 1.69. The van der Waals surface area contributed by atoms with Crippen molar-refractivity contribution in [1.82, 2.24) is 9.21 Å². The van der Waals surface area contributed by atoms with E-state index in [9.17, 15) is 17.9 Å². The number of benzene rings is 1. The third kappa shape index (κ3) is 3.72. The minimum absolute atomic E-state index is 0.0505. The summed E-state index contributed by atoms with van der Waals surface area (Å²) in [6.07, 6.45) is 0.394. The highest BCUT2D eigenvalue weighted by atomic mass is 32.2. The maximum absolute atomic E-state index is 13.0. The van der Waals surface area contributed by atoms with Crippen molar-refractivity contribution < 1.29 is 22.7 Å². The molecule has 0 unspecified atom stereocenters. The van der Waals surface area contributed by atoms with Gasteiger partial charge in [0.1, 0.15) is 5.82 Å². The number of aliphatic hydroxyl groups is 1. The molecule has 0 aromatic heterocycles. The maximum Gasteiger partial charge on any atom is 0.243 e. The normalized spacial score (nSPS) is 27.4. The molecular formula is C15H21FN2O4S. The van der Waals surface area contributed by atoms with Crippen molar-refractivity contribution in [3.05, 3.63) is 30.1 Å². The van der Waals surface area contributed by atoms with Crippen molar-refractivity contribution in [3.63, 3.8) is 0 Å². The van der Waals surface area contributed by atoms with E-state index >= 15 is 0 Å². The van der Waals surface area contributed by atoms with Crippen LogP contribution < -0.4 is 0 Å². The molecule has 8 heteroatoms. The Kier molecular flexibility index (Phi) is 4.70. The molecule has 3 rings (SSSR count). The Morgan fingerprint density at radius 3 is 2.48 bits per heavy atom. The predicted molar refractivity (Wildman–Crippen MR) is 82.0 cm³/mol. The van der Waals surface area contributed by atoms with Gasteiger partial charge in [-0.05, 0) is 30.7 Å². The summed E-state index contributed by atoms with van der Waals surface area (Å²) in [5.74, 6) is -0.478. The average Bonchev–Trinajstić information content (AvgIpc) is 2.91. The summed E-state index contributed by atoms with van der Waals surface area (Å²) >= 11 is 0. The lowest BCUT2D eigenvalue weighted by molar-refractivity contribution is -0.0239. The van der Waals surface area contributed by atoms with Crippen molar-refractivity contribution >= 4 is 10.0 Å². The number of halogens is 1. The molecule has 2 heterocycles. The van der Waals surface area contributed by atoms with Crippen LogP contribution in [0.1, 0.15) is 6.42 Å². The van der Waals surface area contributed by atoms with Crippen LogP contribution in [0.25, 0.3) is 0 Å². The number of rotatable bonds is 4. The van der Waals surface area contributed by atoms with Gasteiger partial charge < -0.3 is 9.84 Å². The molecule has 0 saturated carbocycles. The number of hydrogen-bond donors (Lipinski definition) is 1. The van der Waals surface area contributed by atoms with Gasteiger partial charge >= 0.3 is 0 Å². The first-order valence-corrected chi connectivity index (χ1v) is 9.11. The summed E-state index contributed by atoms with van der Waals surface area (Å²) in [5.41, 5.74) is -1.05. The Morgan fingerprint density at radius 2 is 1.83 bits per heavy atom. The highest BCUT2D eigenvalue weighted by Crippen LogP contribution is 2.28. The fraction of sp³-hybridized carbons (Fsp3) is 0.600. The molecule has 2 saturated heterocycles. The summed E-state index contributed by atoms with van der Waals surface area (Å²) in [5, 5.41) is 10.7. The average molecular weight is 344 g/mol. The number of β-amino-alcohol motifs (C(OH)–C–C–N with tert-alkyl or cyclic N) is 1. The van der Waals surface area contributed by atoms with Gasteiger partial charge in [-0.3, -0.25) is 4.90 Å². The molecule has 1 aromatic rings. The van der Waals surface area contributed by atoms with E-state index in [4.69, 9.17) is 4.74 Å². The zero-order chi connectivity index (χ0) is 16.5. The van der Waals surface area contributed by atoms with Crippen molar-refractivity contribution in [2.24, 2.45) is 0 Å². The zero-order valence-electron chi connectivity index (χ0n) is 12.8. The lowest BCUT2D eigenvalue weighted by Crippen LogP contribution is -2.49. The summed E-state index contributed by atoms with van der Waals surface area (Å²) in [6, 6.07) is 4.76. The van der Waals surface area contributed by atoms with E-state index in [-0.39, 0.29) is 18.0 Å². The number of nitrogens with zero attached hydrogens (tertiary/aromatic N) is 2. The second-order valence-electron chi connectivity index (χ2n) is 6.16. The molecule has 2 aliphatic heterocycles. The summed E-state index contributed by atoms with van der Waals surface area (Å²) in [4.78, 5) is 2.15. The largest absolute Gasteiger partial charge is 0.387 e. The van der Waals surface area contributed by atoms with Gasteiger partial charge in [-0.1, -0.05) is 0 Å². The van der Waals surface area contributed by atoms with Gasteiger partial charge in [0.25, 0.3) is 0 Å². The molecule has 23 heavy (non-hydrogen) atoms. The van der Waals surface area contributed by atoms with Gasteiger partial charge in [0.2, 0.25) is 10.0 Å². The first kappa shape index (κ1) is 16.8. The molecule has 2 aliphatic rings. The third-order valence-corrected chi connectivity index (χ3v) is 6.23. The number of hydrogen-bond acceptors (Lipinski definition) is 5. The smallest absolute Gasteiger partial charge is 0.243 e. The van der Waals surface area contributed by atoms with Gasteiger partial charge in [-0.2, -0.15) is 4.31 Å². The van der Waals surface area contributed by atoms with Crippen LogP contribution in [0.3, 0.4) is 0 Å². The van der Waals surface area contributed by atoms with E-state index in [0.717, 1.165) is 25.2 Å². The van der Waals surface area contributed by atoms with Crippen molar-refractivity contribution in [2.75, 3.05) is 45.9 Å². The molecular weight excluding hydrogens is 323 g/mol. The monoisotopic (exact) mass is 344 g/mol. The van der Waals surface area contributed by atoms with E-state index in [1.807, 2.05) is 0 Å². The van der Waals surface area contributed by atoms with Crippen LogP contribution in [0.2, 0.25) is 0 Å². The summed E-state index contributed by atoms with van der Waals surface area (Å²) < 4.78 is 44.7. The molecule has 1 aromatic carbocycles. The number of sulfonamides is 1. The summed E-state index contributed by atoms with van der Waals surface area (Å²) in [6.45, 7) is 3.51. The Morgan fingerprint density at radius 1 is 1.17 bits per heavy atom. The molecule has 0 aliphatic carbocycles. The Labute approximate surface area is 135 Å². The van der Waals surface area contributed by atoms with E-state index in [1.165, 1.54) is 16.4 Å². The highest BCUT2D eigenvalue weighted by Gasteiger charge is 2.42. The van der Waals surface area contributed by atoms with Crippen molar-refractivity contribution in [2.45, 2.75) is 16.9 Å². The van der Waals surface area contributed by atoms with Gasteiger partial charge in [0.05, 0.1) is 23.7 Å². The number of morpholine rings is 1. The highest BCUT2D eigenvalue weighted by molar-refractivity contribution is 7.89. The molecule has 1 atom stereocenters. The van der Waals surface area contributed by atoms with Crippen molar-refractivity contribution in [3.8, 4) is 0 Å². The Hall–Kier alpha value is -1.06. The van der Waals surface area contributed by atoms with Gasteiger partial charge in [-0.25, -0.2) is 12.8 Å². The molecule has 0 radical (unpaired) electrons. The molecule has 0 amide bonds.